The summed E-state index contributed by atoms with van der Waals surface area (Å²) >= 11 is 0. The molecule has 0 atom stereocenters. The van der Waals surface area contributed by atoms with Gasteiger partial charge in [0.05, 0.1) is 29.7 Å². The Hall–Kier alpha value is -3.56. The van der Waals surface area contributed by atoms with Gasteiger partial charge in [-0.2, -0.15) is 13.2 Å². The fourth-order valence-corrected chi connectivity index (χ4v) is 3.44. The lowest BCUT2D eigenvalue weighted by atomic mass is 10.0. The molecule has 33 heavy (non-hydrogen) atoms. The van der Waals surface area contributed by atoms with E-state index in [-0.39, 0.29) is 34.8 Å². The van der Waals surface area contributed by atoms with E-state index in [4.69, 9.17) is 0 Å². The largest absolute Gasteiger partial charge is 0.416 e. The van der Waals surface area contributed by atoms with E-state index in [1.807, 2.05) is 18.7 Å². The van der Waals surface area contributed by atoms with Crippen LogP contribution in [0, 0.1) is 11.7 Å². The number of amides is 1. The minimum atomic E-state index is -4.47. The molecule has 1 aromatic carbocycles. The Bertz CT molecular complexity index is 1160. The monoisotopic (exact) mass is 459 g/mol. The van der Waals surface area contributed by atoms with Gasteiger partial charge in [0.25, 0.3) is 0 Å². The highest BCUT2D eigenvalue weighted by molar-refractivity contribution is 5.80. The first-order valence-electron chi connectivity index (χ1n) is 10.3. The lowest BCUT2D eigenvalue weighted by Crippen LogP contribution is -2.60. The fourth-order valence-electron chi connectivity index (χ4n) is 3.44. The van der Waals surface area contributed by atoms with Gasteiger partial charge in [-0.1, -0.05) is 26.0 Å². The van der Waals surface area contributed by atoms with E-state index in [0.29, 0.717) is 24.5 Å². The molecule has 1 N–H and O–H groups in total. The zero-order chi connectivity index (χ0) is 23.8. The van der Waals surface area contributed by atoms with Gasteiger partial charge in [0.15, 0.2) is 5.82 Å². The van der Waals surface area contributed by atoms with Crippen LogP contribution in [-0.4, -0.2) is 40.0 Å². The Balaban J connectivity index is 1.66. The van der Waals surface area contributed by atoms with Crippen LogP contribution in [-0.2, 0) is 11.0 Å². The normalized spacial score (nSPS) is 14.3. The number of nitrogens with one attached hydrogen (secondary N) is 1. The summed E-state index contributed by atoms with van der Waals surface area (Å²) in [4.78, 5) is 26.5. The molecule has 0 radical (unpaired) electrons. The zero-order valence-corrected chi connectivity index (χ0v) is 17.9. The molecule has 3 heterocycles. The molecule has 0 spiro atoms. The highest BCUT2D eigenvalue weighted by Gasteiger charge is 2.32. The Kier molecular flexibility index (Phi) is 6.01. The van der Waals surface area contributed by atoms with Crippen LogP contribution in [0.1, 0.15) is 19.4 Å². The molecule has 3 aromatic rings. The Morgan fingerprint density at radius 1 is 1.09 bits per heavy atom. The summed E-state index contributed by atoms with van der Waals surface area (Å²) in [7, 11) is 0. The van der Waals surface area contributed by atoms with E-state index in [2.05, 4.69) is 20.3 Å². The number of carbonyl (C=O) groups excluding carboxylic acids is 1. The molecule has 4 rings (SSSR count). The van der Waals surface area contributed by atoms with Crippen LogP contribution in [0.5, 0.6) is 0 Å². The van der Waals surface area contributed by atoms with Gasteiger partial charge in [0, 0.05) is 36.3 Å². The molecular formula is C23H21F4N5O. The summed E-state index contributed by atoms with van der Waals surface area (Å²) in [6.45, 7) is 4.66. The van der Waals surface area contributed by atoms with Crippen LogP contribution in [0.4, 0.5) is 23.4 Å². The molecule has 6 nitrogen and oxygen atoms in total. The van der Waals surface area contributed by atoms with Crippen molar-refractivity contribution in [3.63, 3.8) is 0 Å². The summed E-state index contributed by atoms with van der Waals surface area (Å²) < 4.78 is 53.4. The van der Waals surface area contributed by atoms with Crippen molar-refractivity contribution >= 4 is 11.7 Å². The first-order valence-corrected chi connectivity index (χ1v) is 10.3. The predicted molar refractivity (Wildman–Crippen MR) is 115 cm³/mol. The molecule has 0 unspecified atom stereocenters. The highest BCUT2D eigenvalue weighted by atomic mass is 19.4. The SMILES string of the molecule is CC(C)C(=O)NC1CN(c2cnc(-c3ccc(C(F)(F)F)cc3)c(-c3ccncc3F)n2)C1. The van der Waals surface area contributed by atoms with E-state index in [1.54, 1.807) is 0 Å². The standard InChI is InChI=1S/C23H21F4N5O/c1-13(2)22(33)30-16-11-32(12-16)19-10-29-20(14-3-5-15(6-4-14)23(25,26)27)21(31-19)17-7-8-28-9-18(17)24/h3-10,13,16H,11-12H2,1-2H3,(H,30,33). The maximum atomic E-state index is 14.6. The molecule has 0 saturated carbocycles. The third kappa shape index (κ3) is 4.79. The van der Waals surface area contributed by atoms with Crippen molar-refractivity contribution in [2.24, 2.45) is 5.92 Å². The van der Waals surface area contributed by atoms with Gasteiger partial charge in [-0.25, -0.2) is 9.37 Å². The molecule has 1 amide bonds. The van der Waals surface area contributed by atoms with Crippen LogP contribution < -0.4 is 10.2 Å². The molecule has 1 saturated heterocycles. The number of hydrogen-bond donors (Lipinski definition) is 1. The van der Waals surface area contributed by atoms with E-state index in [0.717, 1.165) is 18.3 Å². The second-order valence-electron chi connectivity index (χ2n) is 8.12. The van der Waals surface area contributed by atoms with Crippen molar-refractivity contribution in [2.45, 2.75) is 26.1 Å². The molecule has 0 aliphatic carbocycles. The van der Waals surface area contributed by atoms with E-state index < -0.39 is 17.6 Å². The smallest absolute Gasteiger partial charge is 0.351 e. The average Bonchev–Trinajstić information content (AvgIpc) is 2.75. The lowest BCUT2D eigenvalue weighted by molar-refractivity contribution is -0.137. The van der Waals surface area contributed by atoms with Crippen molar-refractivity contribution in [1.82, 2.24) is 20.3 Å². The Labute approximate surface area is 187 Å². The molecule has 0 bridgehead atoms. The average molecular weight is 459 g/mol. The molecule has 172 valence electrons. The van der Waals surface area contributed by atoms with Gasteiger partial charge in [0.2, 0.25) is 5.91 Å². The minimum absolute atomic E-state index is 0.0302. The number of benzene rings is 1. The second-order valence-corrected chi connectivity index (χ2v) is 8.12. The van der Waals surface area contributed by atoms with E-state index in [1.165, 1.54) is 30.6 Å². The molecule has 1 fully saturated rings. The van der Waals surface area contributed by atoms with Gasteiger partial charge in [-0.05, 0) is 18.2 Å². The van der Waals surface area contributed by atoms with Crippen LogP contribution in [0.3, 0.4) is 0 Å². The first-order chi connectivity index (χ1) is 15.6. The number of carbonyl (C=O) groups is 1. The second kappa shape index (κ2) is 8.76. The highest BCUT2D eigenvalue weighted by Crippen LogP contribution is 2.35. The van der Waals surface area contributed by atoms with Gasteiger partial charge in [-0.3, -0.25) is 14.8 Å². The molecule has 10 heteroatoms. The summed E-state index contributed by atoms with van der Waals surface area (Å²) in [5.74, 6) is -0.305. The predicted octanol–water partition coefficient (Wildman–Crippen LogP) is 4.32. The summed E-state index contributed by atoms with van der Waals surface area (Å²) in [5, 5.41) is 2.94. The van der Waals surface area contributed by atoms with Crippen LogP contribution in [0.2, 0.25) is 0 Å². The summed E-state index contributed by atoms with van der Waals surface area (Å²) in [6, 6.07) is 5.90. The van der Waals surface area contributed by atoms with Crippen LogP contribution >= 0.6 is 0 Å². The number of hydrogen-bond acceptors (Lipinski definition) is 5. The molecule has 1 aliphatic rings. The number of aromatic nitrogens is 3. The van der Waals surface area contributed by atoms with Crippen molar-refractivity contribution in [3.8, 4) is 22.5 Å². The molecule has 2 aromatic heterocycles. The lowest BCUT2D eigenvalue weighted by Gasteiger charge is -2.40. The van der Waals surface area contributed by atoms with Gasteiger partial charge >= 0.3 is 6.18 Å². The molecule has 1 aliphatic heterocycles. The van der Waals surface area contributed by atoms with E-state index in [9.17, 15) is 22.4 Å². The number of alkyl halides is 3. The third-order valence-corrected chi connectivity index (χ3v) is 5.35. The van der Waals surface area contributed by atoms with Crippen LogP contribution in [0.25, 0.3) is 22.5 Å². The van der Waals surface area contributed by atoms with Crippen molar-refractivity contribution in [2.75, 3.05) is 18.0 Å². The first kappa shape index (κ1) is 22.6. The number of nitrogens with zero attached hydrogens (tertiary/aromatic N) is 4. The number of anilines is 1. The summed E-state index contributed by atoms with van der Waals surface area (Å²) in [6.07, 6.45) is -0.519. The Morgan fingerprint density at radius 3 is 2.39 bits per heavy atom. The van der Waals surface area contributed by atoms with Crippen molar-refractivity contribution in [3.05, 3.63) is 60.3 Å². The van der Waals surface area contributed by atoms with Crippen LogP contribution in [0.15, 0.2) is 48.9 Å². The molecular weight excluding hydrogens is 438 g/mol. The zero-order valence-electron chi connectivity index (χ0n) is 17.9. The van der Waals surface area contributed by atoms with Crippen molar-refractivity contribution < 1.29 is 22.4 Å². The quantitative estimate of drug-likeness (QED) is 0.576. The maximum Gasteiger partial charge on any atom is 0.416 e. The van der Waals surface area contributed by atoms with Gasteiger partial charge < -0.3 is 10.2 Å². The Morgan fingerprint density at radius 2 is 1.79 bits per heavy atom. The van der Waals surface area contributed by atoms with Gasteiger partial charge in [-0.15, -0.1) is 0 Å². The number of pyridine rings is 1. The fraction of sp³-hybridized carbons (Fsp3) is 0.304. The topological polar surface area (TPSA) is 71.0 Å². The van der Waals surface area contributed by atoms with Gasteiger partial charge in [0.1, 0.15) is 11.5 Å². The summed E-state index contributed by atoms with van der Waals surface area (Å²) in [5.41, 5.74) is 0.172. The van der Waals surface area contributed by atoms with Crippen molar-refractivity contribution in [1.29, 1.82) is 0 Å². The number of rotatable bonds is 5. The third-order valence-electron chi connectivity index (χ3n) is 5.35. The van der Waals surface area contributed by atoms with E-state index >= 15 is 0 Å². The maximum absolute atomic E-state index is 14.6. The number of halogens is 4. The minimum Gasteiger partial charge on any atom is -0.351 e.